The molecule has 1 N–H and O–H groups in total. The molecule has 4 nitrogen and oxygen atoms in total. The average Bonchev–Trinajstić information content (AvgIpc) is 2.51. The van der Waals surface area contributed by atoms with Crippen molar-refractivity contribution in [2.24, 2.45) is 5.92 Å². The second kappa shape index (κ2) is 4.37. The van der Waals surface area contributed by atoms with Gasteiger partial charge in [0.15, 0.2) is 0 Å². The van der Waals surface area contributed by atoms with Gasteiger partial charge in [0.25, 0.3) is 0 Å². The van der Waals surface area contributed by atoms with Crippen molar-refractivity contribution >= 4 is 0 Å². The molecule has 0 radical (unpaired) electrons. The molecular weight excluding hydrogens is 166 g/mol. The molecule has 0 spiro atoms. The van der Waals surface area contributed by atoms with Gasteiger partial charge in [0.2, 0.25) is 0 Å². The highest BCUT2D eigenvalue weighted by Crippen LogP contribution is 2.09. The van der Waals surface area contributed by atoms with Gasteiger partial charge >= 0.3 is 0 Å². The number of aryl methyl sites for hydroxylation is 1. The minimum atomic E-state index is -0.290. The Balaban J connectivity index is 2.62. The zero-order valence-corrected chi connectivity index (χ0v) is 8.44. The first kappa shape index (κ1) is 10.2. The fourth-order valence-corrected chi connectivity index (χ4v) is 1.17. The molecule has 0 saturated carbocycles. The van der Waals surface area contributed by atoms with Crippen molar-refractivity contribution in [1.82, 2.24) is 14.8 Å². The van der Waals surface area contributed by atoms with Crippen molar-refractivity contribution < 1.29 is 5.11 Å². The van der Waals surface area contributed by atoms with E-state index in [9.17, 15) is 5.11 Å². The average molecular weight is 183 g/mol. The molecular formula is C9H17N3O. The molecule has 0 aliphatic rings. The van der Waals surface area contributed by atoms with Crippen molar-refractivity contribution in [3.05, 3.63) is 12.2 Å². The number of aromatic nitrogens is 3. The largest absolute Gasteiger partial charge is 0.393 e. The quantitative estimate of drug-likeness (QED) is 0.753. The molecule has 0 fully saturated rings. The Kier molecular flexibility index (Phi) is 3.42. The van der Waals surface area contributed by atoms with Gasteiger partial charge in [-0.15, -0.1) is 0 Å². The van der Waals surface area contributed by atoms with Gasteiger partial charge in [-0.2, -0.15) is 5.10 Å². The molecule has 1 heterocycles. The van der Waals surface area contributed by atoms with Crippen LogP contribution in [0.1, 0.15) is 26.6 Å². The van der Waals surface area contributed by atoms with E-state index in [1.165, 1.54) is 0 Å². The van der Waals surface area contributed by atoms with Gasteiger partial charge in [-0.3, -0.25) is 4.68 Å². The van der Waals surface area contributed by atoms with Crippen LogP contribution in [0.2, 0.25) is 0 Å². The number of nitrogens with zero attached hydrogens (tertiary/aromatic N) is 3. The predicted molar refractivity (Wildman–Crippen MR) is 50.2 cm³/mol. The first-order chi connectivity index (χ1) is 6.15. The van der Waals surface area contributed by atoms with Crippen LogP contribution in [-0.2, 0) is 13.0 Å². The van der Waals surface area contributed by atoms with Crippen molar-refractivity contribution in [3.63, 3.8) is 0 Å². The summed E-state index contributed by atoms with van der Waals surface area (Å²) in [6, 6.07) is 0. The van der Waals surface area contributed by atoms with Gasteiger partial charge in [-0.1, -0.05) is 6.92 Å². The molecule has 2 atom stereocenters. The molecule has 1 aromatic heterocycles. The monoisotopic (exact) mass is 183 g/mol. The molecule has 0 aliphatic carbocycles. The second-order valence-corrected chi connectivity index (χ2v) is 3.41. The SMILES string of the molecule is CCn1ncnc1CC(C)C(C)O. The lowest BCUT2D eigenvalue weighted by molar-refractivity contribution is 0.133. The molecule has 1 aromatic rings. The number of aliphatic hydroxyl groups excluding tert-OH is 1. The molecule has 74 valence electrons. The van der Waals surface area contributed by atoms with Crippen LogP contribution >= 0.6 is 0 Å². The Morgan fingerprint density at radius 3 is 2.77 bits per heavy atom. The summed E-state index contributed by atoms with van der Waals surface area (Å²) in [7, 11) is 0. The first-order valence-corrected chi connectivity index (χ1v) is 4.69. The third kappa shape index (κ3) is 2.52. The van der Waals surface area contributed by atoms with E-state index >= 15 is 0 Å². The fraction of sp³-hybridized carbons (Fsp3) is 0.778. The molecule has 0 saturated heterocycles. The fourth-order valence-electron chi connectivity index (χ4n) is 1.17. The van der Waals surface area contributed by atoms with Crippen LogP contribution in [-0.4, -0.2) is 26.0 Å². The Labute approximate surface area is 78.6 Å². The van der Waals surface area contributed by atoms with Crippen LogP contribution in [0.5, 0.6) is 0 Å². The lowest BCUT2D eigenvalue weighted by atomic mass is 10.0. The van der Waals surface area contributed by atoms with E-state index in [4.69, 9.17) is 0 Å². The number of hydrogen-bond donors (Lipinski definition) is 1. The van der Waals surface area contributed by atoms with Crippen LogP contribution in [0, 0.1) is 5.92 Å². The summed E-state index contributed by atoms with van der Waals surface area (Å²) in [5.41, 5.74) is 0. The summed E-state index contributed by atoms with van der Waals surface area (Å²) in [5.74, 6) is 1.19. The van der Waals surface area contributed by atoms with E-state index < -0.39 is 0 Å². The molecule has 0 aromatic carbocycles. The molecule has 0 aliphatic heterocycles. The van der Waals surface area contributed by atoms with Gasteiger partial charge in [0.1, 0.15) is 12.2 Å². The second-order valence-electron chi connectivity index (χ2n) is 3.41. The standard InChI is InChI=1S/C9H17N3O/c1-4-12-9(10-6-11-12)5-7(2)8(3)13/h6-8,13H,4-5H2,1-3H3. The van der Waals surface area contributed by atoms with Gasteiger partial charge in [0, 0.05) is 13.0 Å². The highest BCUT2D eigenvalue weighted by molar-refractivity contribution is 4.87. The molecule has 13 heavy (non-hydrogen) atoms. The molecule has 1 rings (SSSR count). The maximum absolute atomic E-state index is 9.33. The number of hydrogen-bond acceptors (Lipinski definition) is 3. The third-order valence-electron chi connectivity index (χ3n) is 2.32. The highest BCUT2D eigenvalue weighted by atomic mass is 16.3. The summed E-state index contributed by atoms with van der Waals surface area (Å²) in [6.07, 6.45) is 2.06. The van der Waals surface area contributed by atoms with E-state index in [-0.39, 0.29) is 12.0 Å². The van der Waals surface area contributed by atoms with Gasteiger partial charge in [-0.05, 0) is 19.8 Å². The Morgan fingerprint density at radius 1 is 1.54 bits per heavy atom. The Morgan fingerprint density at radius 2 is 2.23 bits per heavy atom. The summed E-state index contributed by atoms with van der Waals surface area (Å²) < 4.78 is 1.86. The van der Waals surface area contributed by atoms with Crippen molar-refractivity contribution in [3.8, 4) is 0 Å². The van der Waals surface area contributed by atoms with E-state index in [1.807, 2.05) is 18.5 Å². The van der Waals surface area contributed by atoms with E-state index in [2.05, 4.69) is 10.1 Å². The number of rotatable bonds is 4. The van der Waals surface area contributed by atoms with Crippen molar-refractivity contribution in [2.75, 3.05) is 0 Å². The first-order valence-electron chi connectivity index (χ1n) is 4.69. The summed E-state index contributed by atoms with van der Waals surface area (Å²) in [4.78, 5) is 4.15. The van der Waals surface area contributed by atoms with Crippen LogP contribution in [0.4, 0.5) is 0 Å². The van der Waals surface area contributed by atoms with Crippen LogP contribution in [0.3, 0.4) is 0 Å². The lowest BCUT2D eigenvalue weighted by Crippen LogP contribution is -2.18. The minimum Gasteiger partial charge on any atom is -0.393 e. The smallest absolute Gasteiger partial charge is 0.138 e. The minimum absolute atomic E-state index is 0.231. The van der Waals surface area contributed by atoms with Gasteiger partial charge in [0.05, 0.1) is 6.10 Å². The Bertz CT molecular complexity index is 257. The van der Waals surface area contributed by atoms with Gasteiger partial charge < -0.3 is 5.11 Å². The Hall–Kier alpha value is -0.900. The maximum Gasteiger partial charge on any atom is 0.138 e. The van der Waals surface area contributed by atoms with Crippen molar-refractivity contribution in [1.29, 1.82) is 0 Å². The molecule has 4 heteroatoms. The predicted octanol–water partition coefficient (Wildman–Crippen LogP) is 0.857. The van der Waals surface area contributed by atoms with E-state index in [1.54, 1.807) is 13.3 Å². The lowest BCUT2D eigenvalue weighted by Gasteiger charge is -2.13. The summed E-state index contributed by atoms with van der Waals surface area (Å²) in [6.45, 7) is 6.68. The third-order valence-corrected chi connectivity index (χ3v) is 2.32. The zero-order valence-electron chi connectivity index (χ0n) is 8.44. The van der Waals surface area contributed by atoms with Crippen LogP contribution in [0.25, 0.3) is 0 Å². The zero-order chi connectivity index (χ0) is 9.84. The summed E-state index contributed by atoms with van der Waals surface area (Å²) >= 11 is 0. The van der Waals surface area contributed by atoms with E-state index in [0.717, 1.165) is 18.8 Å². The molecule has 0 amide bonds. The van der Waals surface area contributed by atoms with Crippen molar-refractivity contribution in [2.45, 2.75) is 39.8 Å². The highest BCUT2D eigenvalue weighted by Gasteiger charge is 2.12. The normalized spacial score (nSPS) is 15.7. The van der Waals surface area contributed by atoms with Crippen LogP contribution < -0.4 is 0 Å². The maximum atomic E-state index is 9.33. The van der Waals surface area contributed by atoms with Gasteiger partial charge in [-0.25, -0.2) is 4.98 Å². The molecule has 2 unspecified atom stereocenters. The topological polar surface area (TPSA) is 50.9 Å². The molecule has 0 bridgehead atoms. The summed E-state index contributed by atoms with van der Waals surface area (Å²) in [5, 5.41) is 13.4. The van der Waals surface area contributed by atoms with Crippen LogP contribution in [0.15, 0.2) is 6.33 Å². The van der Waals surface area contributed by atoms with E-state index in [0.29, 0.717) is 0 Å². The number of aliphatic hydroxyl groups is 1.